The van der Waals surface area contributed by atoms with E-state index in [9.17, 15) is 4.79 Å². The van der Waals surface area contributed by atoms with Crippen LogP contribution in [0.15, 0.2) is 30.3 Å². The van der Waals surface area contributed by atoms with Crippen LogP contribution in [0.4, 0.5) is 5.69 Å². The Morgan fingerprint density at radius 2 is 1.55 bits per heavy atom. The third-order valence-corrected chi connectivity index (χ3v) is 3.86. The molecule has 0 unspecified atom stereocenters. The molecule has 0 saturated carbocycles. The Morgan fingerprint density at radius 3 is 2.18 bits per heavy atom. The number of amides is 1. The molecule has 1 amide bonds. The van der Waals surface area contributed by atoms with Gasteiger partial charge in [0, 0.05) is 11.8 Å². The van der Waals surface area contributed by atoms with Gasteiger partial charge in [0.15, 0.2) is 6.61 Å². The Balaban J connectivity index is 2.00. The fourth-order valence-electron chi connectivity index (χ4n) is 2.00. The summed E-state index contributed by atoms with van der Waals surface area (Å²) in [6, 6.07) is 8.76. The van der Waals surface area contributed by atoms with Gasteiger partial charge in [-0.25, -0.2) is 0 Å². The number of benzene rings is 2. The van der Waals surface area contributed by atoms with Gasteiger partial charge in [-0.05, 0) is 43.2 Å². The molecule has 2 aromatic carbocycles. The van der Waals surface area contributed by atoms with Gasteiger partial charge in [-0.2, -0.15) is 0 Å². The average molecular weight is 359 g/mol. The summed E-state index contributed by atoms with van der Waals surface area (Å²) in [4.78, 5) is 11.9. The molecule has 0 saturated heterocycles. The van der Waals surface area contributed by atoms with Gasteiger partial charge in [0.05, 0.1) is 15.1 Å². The standard InChI is InChI=1S/C16H14Cl3NO2/c1-9-3-10(2)5-11(4-9)20-16(21)8-22-15-7-13(18)12(17)6-14(15)19/h3-7H,8H2,1-2H3,(H,20,21). The number of halogens is 3. The van der Waals surface area contributed by atoms with E-state index >= 15 is 0 Å². The molecule has 0 fully saturated rings. The quantitative estimate of drug-likeness (QED) is 0.755. The predicted octanol–water partition coefficient (Wildman–Crippen LogP) is 5.28. The topological polar surface area (TPSA) is 38.3 Å². The van der Waals surface area contributed by atoms with Crippen molar-refractivity contribution >= 4 is 46.4 Å². The minimum atomic E-state index is -0.285. The molecular weight excluding hydrogens is 345 g/mol. The monoisotopic (exact) mass is 357 g/mol. The minimum absolute atomic E-state index is 0.176. The zero-order chi connectivity index (χ0) is 16.3. The van der Waals surface area contributed by atoms with E-state index in [1.54, 1.807) is 0 Å². The lowest BCUT2D eigenvalue weighted by atomic mass is 10.1. The summed E-state index contributed by atoms with van der Waals surface area (Å²) >= 11 is 17.7. The van der Waals surface area contributed by atoms with Crippen molar-refractivity contribution in [3.05, 3.63) is 56.5 Å². The van der Waals surface area contributed by atoms with Crippen LogP contribution in [0.1, 0.15) is 11.1 Å². The zero-order valence-electron chi connectivity index (χ0n) is 12.0. The van der Waals surface area contributed by atoms with Crippen LogP contribution < -0.4 is 10.1 Å². The molecule has 0 atom stereocenters. The van der Waals surface area contributed by atoms with Crippen molar-refractivity contribution in [1.29, 1.82) is 0 Å². The number of hydrogen-bond donors (Lipinski definition) is 1. The Kier molecular flexibility index (Phi) is 5.57. The zero-order valence-corrected chi connectivity index (χ0v) is 14.3. The number of carbonyl (C=O) groups is 1. The van der Waals surface area contributed by atoms with Crippen molar-refractivity contribution in [1.82, 2.24) is 0 Å². The highest BCUT2D eigenvalue weighted by Crippen LogP contribution is 2.33. The third kappa shape index (κ3) is 4.54. The fraction of sp³-hybridized carbons (Fsp3) is 0.188. The molecule has 0 heterocycles. The minimum Gasteiger partial charge on any atom is -0.482 e. The summed E-state index contributed by atoms with van der Waals surface area (Å²) < 4.78 is 5.38. The average Bonchev–Trinajstić information content (AvgIpc) is 2.40. The largest absolute Gasteiger partial charge is 0.482 e. The van der Waals surface area contributed by atoms with Gasteiger partial charge in [-0.3, -0.25) is 4.79 Å². The second-order valence-corrected chi connectivity index (χ2v) is 6.13. The van der Waals surface area contributed by atoms with Crippen LogP contribution in [0.5, 0.6) is 5.75 Å². The van der Waals surface area contributed by atoms with E-state index in [4.69, 9.17) is 39.5 Å². The Labute approximate surface area is 144 Å². The lowest BCUT2D eigenvalue weighted by Gasteiger charge is -2.10. The first-order valence-corrected chi connectivity index (χ1v) is 7.64. The van der Waals surface area contributed by atoms with Crippen LogP contribution in [0.25, 0.3) is 0 Å². The van der Waals surface area contributed by atoms with Gasteiger partial charge < -0.3 is 10.1 Å². The van der Waals surface area contributed by atoms with Crippen LogP contribution in [-0.4, -0.2) is 12.5 Å². The van der Waals surface area contributed by atoms with E-state index in [1.807, 2.05) is 32.0 Å². The second-order valence-electron chi connectivity index (χ2n) is 4.91. The molecular formula is C16H14Cl3NO2. The van der Waals surface area contributed by atoms with Crippen molar-refractivity contribution in [2.45, 2.75) is 13.8 Å². The lowest BCUT2D eigenvalue weighted by molar-refractivity contribution is -0.118. The summed E-state index contributed by atoms with van der Waals surface area (Å²) in [7, 11) is 0. The Bertz CT molecular complexity index is 697. The molecule has 0 aromatic heterocycles. The molecule has 0 aliphatic carbocycles. The summed E-state index contributed by atoms with van der Waals surface area (Å²) in [6.07, 6.45) is 0. The van der Waals surface area contributed by atoms with Gasteiger partial charge in [-0.1, -0.05) is 40.9 Å². The van der Waals surface area contributed by atoms with Crippen LogP contribution in [0, 0.1) is 13.8 Å². The van der Waals surface area contributed by atoms with E-state index in [0.717, 1.165) is 16.8 Å². The number of anilines is 1. The number of carbonyl (C=O) groups excluding carboxylic acids is 1. The van der Waals surface area contributed by atoms with Crippen LogP contribution >= 0.6 is 34.8 Å². The third-order valence-electron chi connectivity index (χ3n) is 2.84. The van der Waals surface area contributed by atoms with E-state index < -0.39 is 0 Å². The molecule has 0 bridgehead atoms. The number of hydrogen-bond acceptors (Lipinski definition) is 2. The number of rotatable bonds is 4. The maximum absolute atomic E-state index is 11.9. The molecule has 1 N–H and O–H groups in total. The van der Waals surface area contributed by atoms with Crippen LogP contribution in [-0.2, 0) is 4.79 Å². The van der Waals surface area contributed by atoms with Gasteiger partial charge in [-0.15, -0.1) is 0 Å². The highest BCUT2D eigenvalue weighted by molar-refractivity contribution is 6.43. The van der Waals surface area contributed by atoms with E-state index in [2.05, 4.69) is 5.32 Å². The van der Waals surface area contributed by atoms with E-state index in [1.165, 1.54) is 12.1 Å². The van der Waals surface area contributed by atoms with Crippen LogP contribution in [0.3, 0.4) is 0 Å². The summed E-state index contributed by atoms with van der Waals surface area (Å²) in [5.41, 5.74) is 2.87. The first kappa shape index (κ1) is 16.9. The molecule has 0 spiro atoms. The highest BCUT2D eigenvalue weighted by Gasteiger charge is 2.10. The predicted molar refractivity (Wildman–Crippen MR) is 91.5 cm³/mol. The molecule has 2 rings (SSSR count). The number of aryl methyl sites for hydroxylation is 2. The van der Waals surface area contributed by atoms with Crippen molar-refractivity contribution < 1.29 is 9.53 Å². The molecule has 2 aromatic rings. The Morgan fingerprint density at radius 1 is 0.955 bits per heavy atom. The molecule has 0 aliphatic rings. The van der Waals surface area contributed by atoms with Crippen molar-refractivity contribution in [3.63, 3.8) is 0 Å². The first-order chi connectivity index (χ1) is 10.3. The smallest absolute Gasteiger partial charge is 0.262 e. The van der Waals surface area contributed by atoms with Gasteiger partial charge in [0.1, 0.15) is 5.75 Å². The maximum Gasteiger partial charge on any atom is 0.262 e. The summed E-state index contributed by atoms with van der Waals surface area (Å²) in [5.74, 6) is 0.0266. The molecule has 0 aliphatic heterocycles. The van der Waals surface area contributed by atoms with Crippen molar-refractivity contribution in [2.75, 3.05) is 11.9 Å². The number of ether oxygens (including phenoxy) is 1. The lowest BCUT2D eigenvalue weighted by Crippen LogP contribution is -2.20. The van der Waals surface area contributed by atoms with E-state index in [0.29, 0.717) is 20.8 Å². The van der Waals surface area contributed by atoms with Crippen molar-refractivity contribution in [2.24, 2.45) is 0 Å². The SMILES string of the molecule is Cc1cc(C)cc(NC(=O)COc2cc(Cl)c(Cl)cc2Cl)c1. The summed E-state index contributed by atoms with van der Waals surface area (Å²) in [5, 5.41) is 3.72. The van der Waals surface area contributed by atoms with Gasteiger partial charge in [0.2, 0.25) is 0 Å². The fourth-order valence-corrected chi connectivity index (χ4v) is 2.59. The molecule has 0 radical (unpaired) electrons. The second kappa shape index (κ2) is 7.23. The van der Waals surface area contributed by atoms with Gasteiger partial charge in [0.25, 0.3) is 5.91 Å². The summed E-state index contributed by atoms with van der Waals surface area (Å²) in [6.45, 7) is 3.76. The normalized spacial score (nSPS) is 10.4. The molecule has 6 heteroatoms. The molecule has 22 heavy (non-hydrogen) atoms. The maximum atomic E-state index is 11.9. The van der Waals surface area contributed by atoms with Gasteiger partial charge >= 0.3 is 0 Å². The number of nitrogens with one attached hydrogen (secondary N) is 1. The first-order valence-electron chi connectivity index (χ1n) is 6.50. The van der Waals surface area contributed by atoms with Crippen LogP contribution in [0.2, 0.25) is 15.1 Å². The highest BCUT2D eigenvalue weighted by atomic mass is 35.5. The van der Waals surface area contributed by atoms with Crippen molar-refractivity contribution in [3.8, 4) is 5.75 Å². The van der Waals surface area contributed by atoms with E-state index in [-0.39, 0.29) is 12.5 Å². The Hall–Kier alpha value is -1.42. The molecule has 3 nitrogen and oxygen atoms in total. The molecule has 116 valence electrons.